The van der Waals surface area contributed by atoms with Gasteiger partial charge in [-0.15, -0.1) is 0 Å². The molecule has 113 heavy (non-hydrogen) atoms. The second kappa shape index (κ2) is 72.5. The molecule has 12 N–H and O–H groups in total. The van der Waals surface area contributed by atoms with Crippen LogP contribution in [-0.2, 0) is 33.2 Å². The molecule has 0 spiro atoms. The van der Waals surface area contributed by atoms with Gasteiger partial charge in [0, 0.05) is 6.42 Å². The second-order valence-electron chi connectivity index (χ2n) is 32.0. The van der Waals surface area contributed by atoms with Crippen molar-refractivity contribution in [1.82, 2.24) is 5.32 Å². The maximum absolute atomic E-state index is 13.6. The zero-order valence-electron chi connectivity index (χ0n) is 70.6. The summed E-state index contributed by atoms with van der Waals surface area (Å²) in [6, 6.07) is -0.896. The second-order valence-corrected chi connectivity index (χ2v) is 32.0. The molecule has 19 heteroatoms. The lowest BCUT2D eigenvalue weighted by molar-refractivity contribution is -0.379. The van der Waals surface area contributed by atoms with E-state index < -0.39 is 124 Å². The van der Waals surface area contributed by atoms with Crippen LogP contribution in [-0.4, -0.2) is 193 Å². The summed E-state index contributed by atoms with van der Waals surface area (Å²) >= 11 is 0. The van der Waals surface area contributed by atoms with Gasteiger partial charge in [-0.3, -0.25) is 4.79 Å². The molecule has 3 rings (SSSR count). The molecule has 17 unspecified atom stereocenters. The lowest BCUT2D eigenvalue weighted by Crippen LogP contribution is -2.66. The van der Waals surface area contributed by atoms with Gasteiger partial charge in [0.2, 0.25) is 5.91 Å². The van der Waals surface area contributed by atoms with E-state index in [1.807, 2.05) is 0 Å². The summed E-state index contributed by atoms with van der Waals surface area (Å²) in [4.78, 5) is 13.6. The van der Waals surface area contributed by atoms with E-state index >= 15 is 0 Å². The summed E-state index contributed by atoms with van der Waals surface area (Å²) < 4.78 is 34.6. The Kier molecular flexibility index (Phi) is 66.5. The molecule has 0 aliphatic carbocycles. The Morgan fingerprint density at radius 2 is 0.611 bits per heavy atom. The van der Waals surface area contributed by atoms with Crippen LogP contribution in [0.5, 0.6) is 0 Å². The average Bonchev–Trinajstić information content (AvgIpc) is 0.777. The molecule has 19 nitrogen and oxygen atoms in total. The lowest BCUT2D eigenvalue weighted by Gasteiger charge is -2.48. The Morgan fingerprint density at radius 1 is 0.327 bits per heavy atom. The lowest BCUT2D eigenvalue weighted by atomic mass is 9.96. The SMILES string of the molecule is CC/C=C\C/C=C\C/C=C\C/C=C\C/C=C\C/C=C\C/C=C\C/C=C\C/C=C\CCCCCCCCCCCCCCCC(=O)NC(COC1OC(CO)C(OC2OC(CO)C(OC3OC(CO)C(O)C(O)C3O)C(O)C2O)C(O)C1O)C(O)CCCCCCCCCCCCCCCCCCCCCCCCCCCCC. The summed E-state index contributed by atoms with van der Waals surface area (Å²) in [5.74, 6) is -0.243. The molecule has 1 amide bonds. The number of carbonyl (C=O) groups is 1. The van der Waals surface area contributed by atoms with Crippen molar-refractivity contribution in [2.75, 3.05) is 26.4 Å². The molecule has 3 fully saturated rings. The van der Waals surface area contributed by atoms with Gasteiger partial charge in [0.25, 0.3) is 0 Å². The minimum absolute atomic E-state index is 0.243. The van der Waals surface area contributed by atoms with Gasteiger partial charge in [-0.2, -0.15) is 0 Å². The monoisotopic (exact) mass is 1600 g/mol. The number of aliphatic hydroxyl groups is 11. The van der Waals surface area contributed by atoms with E-state index in [-0.39, 0.29) is 18.9 Å². The van der Waals surface area contributed by atoms with E-state index in [4.69, 9.17) is 28.4 Å². The number of rotatable bonds is 73. The molecular formula is C94H165NO18. The van der Waals surface area contributed by atoms with E-state index in [2.05, 4.69) is 129 Å². The first-order chi connectivity index (χ1) is 55.3. The van der Waals surface area contributed by atoms with Crippen LogP contribution in [0, 0.1) is 0 Å². The van der Waals surface area contributed by atoms with E-state index in [1.165, 1.54) is 205 Å². The van der Waals surface area contributed by atoms with Crippen LogP contribution in [0.25, 0.3) is 0 Å². The summed E-state index contributed by atoms with van der Waals surface area (Å²) in [5.41, 5.74) is 0. The van der Waals surface area contributed by atoms with Crippen LogP contribution in [0.4, 0.5) is 0 Å². The number of hydrogen-bond donors (Lipinski definition) is 12. The van der Waals surface area contributed by atoms with E-state index in [0.29, 0.717) is 12.8 Å². The average molecular weight is 1600 g/mol. The van der Waals surface area contributed by atoms with Gasteiger partial charge in [-0.05, 0) is 83.5 Å². The van der Waals surface area contributed by atoms with Gasteiger partial charge in [0.05, 0.1) is 38.6 Å². The summed E-state index contributed by atoms with van der Waals surface area (Å²) in [5, 5.41) is 121. The van der Waals surface area contributed by atoms with Gasteiger partial charge < -0.3 is 89.9 Å². The largest absolute Gasteiger partial charge is 0.394 e. The first-order valence-corrected chi connectivity index (χ1v) is 45.6. The summed E-state index contributed by atoms with van der Waals surface area (Å²) in [7, 11) is 0. The fraction of sp³-hybridized carbons (Fsp3) is 0.798. The van der Waals surface area contributed by atoms with E-state index in [0.717, 1.165) is 109 Å². The smallest absolute Gasteiger partial charge is 0.220 e. The number of aliphatic hydroxyl groups excluding tert-OH is 11. The van der Waals surface area contributed by atoms with E-state index in [1.54, 1.807) is 0 Å². The van der Waals surface area contributed by atoms with Crippen molar-refractivity contribution in [2.45, 2.75) is 452 Å². The van der Waals surface area contributed by atoms with Crippen molar-refractivity contribution in [3.8, 4) is 0 Å². The highest BCUT2D eigenvalue weighted by molar-refractivity contribution is 5.76. The Balaban J connectivity index is 1.31. The Bertz CT molecular complexity index is 2460. The Hall–Kier alpha value is -3.55. The van der Waals surface area contributed by atoms with Crippen molar-refractivity contribution < 1.29 is 89.4 Å². The number of ether oxygens (including phenoxy) is 6. The molecule has 0 aromatic rings. The van der Waals surface area contributed by atoms with Gasteiger partial charge in [-0.25, -0.2) is 0 Å². The first-order valence-electron chi connectivity index (χ1n) is 45.6. The van der Waals surface area contributed by atoms with Crippen molar-refractivity contribution >= 4 is 5.91 Å². The number of hydrogen-bond acceptors (Lipinski definition) is 18. The van der Waals surface area contributed by atoms with Crippen molar-refractivity contribution in [2.24, 2.45) is 0 Å². The zero-order chi connectivity index (χ0) is 81.7. The van der Waals surface area contributed by atoms with Crippen LogP contribution in [0.2, 0.25) is 0 Å². The van der Waals surface area contributed by atoms with Crippen LogP contribution in [0.3, 0.4) is 0 Å². The minimum Gasteiger partial charge on any atom is -0.394 e. The van der Waals surface area contributed by atoms with Crippen LogP contribution in [0.15, 0.2) is 109 Å². The molecule has 0 saturated carbocycles. The van der Waals surface area contributed by atoms with Gasteiger partial charge >= 0.3 is 0 Å². The Labute approximate surface area is 685 Å². The third-order valence-electron chi connectivity index (χ3n) is 22.1. The fourth-order valence-corrected chi connectivity index (χ4v) is 14.9. The standard InChI is InChI=1S/C94H165NO18/c1-3-5-7-9-11-13-15-17-19-21-23-25-27-29-31-32-33-34-35-36-37-38-39-40-41-42-43-44-46-48-50-52-54-56-58-60-62-64-66-68-70-72-82(100)95-77(78(99)71-69-67-65-63-61-59-57-55-53-51-49-47-45-30-28-26-24-22-20-18-16-14-12-10-8-6-4-2)76-108-92-88(106)85(103)90(80(74-97)110-92)113-94-89(107)86(104)91(81(75-98)111-94)112-93-87(105)84(102)83(101)79(73-96)109-93/h5,7,11,13,17,19,23,25,29,31,33-34,36-37,39-40,42-43,77-81,83-94,96-99,101-107H,3-4,6,8-10,12,14-16,18,20-22,24,26-28,30,32,35,38,41,44-76H2,1-2H3,(H,95,100)/b7-5-,13-11-,19-17-,25-23-,31-29-,34-33-,37-36-,40-39-,43-42-. The topological polar surface area (TPSA) is 307 Å². The molecule has 0 aromatic carbocycles. The zero-order valence-corrected chi connectivity index (χ0v) is 70.6. The highest BCUT2D eigenvalue weighted by Gasteiger charge is 2.54. The summed E-state index contributed by atoms with van der Waals surface area (Å²) in [6.45, 7) is 1.73. The molecule has 17 atom stereocenters. The molecule has 3 heterocycles. The third kappa shape index (κ3) is 50.9. The number of nitrogens with one attached hydrogen (secondary N) is 1. The predicted octanol–water partition coefficient (Wildman–Crippen LogP) is 17.6. The third-order valence-corrected chi connectivity index (χ3v) is 22.1. The highest BCUT2D eigenvalue weighted by Crippen LogP contribution is 2.34. The minimum atomic E-state index is -1.98. The summed E-state index contributed by atoms with van der Waals surface area (Å²) in [6.07, 6.45) is 74.7. The van der Waals surface area contributed by atoms with E-state index in [9.17, 15) is 61.0 Å². The quantitative estimate of drug-likeness (QED) is 0.0199. The van der Waals surface area contributed by atoms with Crippen LogP contribution >= 0.6 is 0 Å². The maximum Gasteiger partial charge on any atom is 0.220 e. The molecule has 3 saturated heterocycles. The number of carbonyl (C=O) groups excluding carboxylic acids is 1. The fourth-order valence-electron chi connectivity index (χ4n) is 14.9. The van der Waals surface area contributed by atoms with Crippen molar-refractivity contribution in [3.63, 3.8) is 0 Å². The molecule has 0 bridgehead atoms. The van der Waals surface area contributed by atoms with Gasteiger partial charge in [0.1, 0.15) is 73.2 Å². The van der Waals surface area contributed by atoms with Gasteiger partial charge in [-0.1, -0.05) is 367 Å². The molecule has 654 valence electrons. The number of unbranched alkanes of at least 4 members (excludes halogenated alkanes) is 39. The van der Waals surface area contributed by atoms with Crippen molar-refractivity contribution in [1.29, 1.82) is 0 Å². The number of amides is 1. The number of allylic oxidation sites excluding steroid dienone is 18. The normalized spacial score (nSPS) is 25.3. The highest BCUT2D eigenvalue weighted by atomic mass is 16.8. The first kappa shape index (κ1) is 104. The predicted molar refractivity (Wildman–Crippen MR) is 457 cm³/mol. The van der Waals surface area contributed by atoms with Crippen LogP contribution in [0.1, 0.15) is 348 Å². The molecule has 3 aliphatic heterocycles. The molecule has 3 aliphatic rings. The molecular weight excluding hydrogens is 1430 g/mol. The Morgan fingerprint density at radius 3 is 0.956 bits per heavy atom. The van der Waals surface area contributed by atoms with Crippen molar-refractivity contribution in [3.05, 3.63) is 109 Å². The van der Waals surface area contributed by atoms with Gasteiger partial charge in [0.15, 0.2) is 18.9 Å². The molecule has 0 aromatic heterocycles. The van der Waals surface area contributed by atoms with Crippen LogP contribution < -0.4 is 5.32 Å². The maximum atomic E-state index is 13.6. The molecule has 0 radical (unpaired) electrons.